The van der Waals surface area contributed by atoms with Crippen molar-refractivity contribution in [2.45, 2.75) is 53.5 Å². The monoisotopic (exact) mass is 359 g/mol. The third-order valence-corrected chi connectivity index (χ3v) is 3.82. The van der Waals surface area contributed by atoms with Crippen LogP contribution in [-0.4, -0.2) is 31.4 Å². The number of carbonyl (C=O) groups excluding carboxylic acids is 1. The zero-order valence-electron chi connectivity index (χ0n) is 16.0. The van der Waals surface area contributed by atoms with Gasteiger partial charge in [0.05, 0.1) is 16.3 Å². The maximum Gasteiger partial charge on any atom is 0.274 e. The summed E-state index contributed by atoms with van der Waals surface area (Å²) in [6.07, 6.45) is 0.795. The van der Waals surface area contributed by atoms with Gasteiger partial charge in [-0.1, -0.05) is 32.1 Å². The Hall–Kier alpha value is -2.77. The molecule has 0 saturated carbocycles. The van der Waals surface area contributed by atoms with Crippen molar-refractivity contribution in [3.63, 3.8) is 0 Å². The normalized spacial score (nSPS) is 12.1. The zero-order valence-corrected chi connectivity index (χ0v) is 16.0. The van der Waals surface area contributed by atoms with Gasteiger partial charge in [-0.15, -0.1) is 5.10 Å². The third kappa shape index (κ3) is 4.65. The SMILES string of the molecule is Cc1c(C(=O)NC(C)(C)CC(C)(C)C)nnn1-c1cccc([N+](=O)[O-])c1. The highest BCUT2D eigenvalue weighted by molar-refractivity contribution is 5.93. The number of carbonyl (C=O) groups is 1. The molecule has 26 heavy (non-hydrogen) atoms. The number of non-ortho nitro benzene ring substituents is 1. The molecule has 0 aliphatic heterocycles. The second-order valence-corrected chi connectivity index (χ2v) is 8.29. The van der Waals surface area contributed by atoms with Crippen LogP contribution in [0.2, 0.25) is 0 Å². The molecule has 8 heteroatoms. The molecule has 1 amide bonds. The van der Waals surface area contributed by atoms with Gasteiger partial charge in [0.2, 0.25) is 0 Å². The molecule has 1 aromatic carbocycles. The van der Waals surface area contributed by atoms with E-state index in [9.17, 15) is 14.9 Å². The number of hydrogen-bond acceptors (Lipinski definition) is 5. The number of amides is 1. The van der Waals surface area contributed by atoms with Crippen molar-refractivity contribution in [3.8, 4) is 5.69 Å². The minimum Gasteiger partial charge on any atom is -0.346 e. The Bertz CT molecular complexity index is 834. The van der Waals surface area contributed by atoms with Crippen molar-refractivity contribution in [1.82, 2.24) is 20.3 Å². The molecule has 8 nitrogen and oxygen atoms in total. The first-order chi connectivity index (χ1) is 11.9. The number of nitrogens with one attached hydrogen (secondary N) is 1. The number of nitro groups is 1. The molecule has 0 spiro atoms. The van der Waals surface area contributed by atoms with Gasteiger partial charge in [0.1, 0.15) is 0 Å². The van der Waals surface area contributed by atoms with Crippen molar-refractivity contribution < 1.29 is 9.72 Å². The molecule has 0 saturated heterocycles. The summed E-state index contributed by atoms with van der Waals surface area (Å²) in [5.41, 5.74) is 0.823. The highest BCUT2D eigenvalue weighted by Gasteiger charge is 2.29. The van der Waals surface area contributed by atoms with E-state index in [1.807, 2.05) is 13.8 Å². The first kappa shape index (κ1) is 19.6. The van der Waals surface area contributed by atoms with E-state index in [4.69, 9.17) is 0 Å². The van der Waals surface area contributed by atoms with Crippen LogP contribution in [-0.2, 0) is 0 Å². The van der Waals surface area contributed by atoms with Crippen molar-refractivity contribution in [2.75, 3.05) is 0 Å². The van der Waals surface area contributed by atoms with Gasteiger partial charge < -0.3 is 5.32 Å². The maximum atomic E-state index is 12.7. The summed E-state index contributed by atoms with van der Waals surface area (Å²) in [4.78, 5) is 23.1. The van der Waals surface area contributed by atoms with E-state index in [0.717, 1.165) is 6.42 Å². The van der Waals surface area contributed by atoms with Crippen molar-refractivity contribution in [3.05, 3.63) is 45.8 Å². The Kier molecular flexibility index (Phi) is 5.16. The minimum absolute atomic E-state index is 0.0466. The van der Waals surface area contributed by atoms with Crippen molar-refractivity contribution in [2.24, 2.45) is 5.41 Å². The van der Waals surface area contributed by atoms with Crippen LogP contribution in [0.25, 0.3) is 5.69 Å². The standard InChI is InChI=1S/C18H25N5O3/c1-12-15(16(24)19-18(5,6)11-17(2,3)4)20-21-22(12)13-8-7-9-14(10-13)23(25)26/h7-10H,11H2,1-6H3,(H,19,24). The number of hydrogen-bond donors (Lipinski definition) is 1. The Labute approximate surface area is 152 Å². The van der Waals surface area contributed by atoms with Gasteiger partial charge in [-0.2, -0.15) is 0 Å². The topological polar surface area (TPSA) is 103 Å². The van der Waals surface area contributed by atoms with E-state index < -0.39 is 10.5 Å². The fourth-order valence-corrected chi connectivity index (χ4v) is 3.26. The molecule has 2 aromatic rings. The van der Waals surface area contributed by atoms with E-state index in [0.29, 0.717) is 11.4 Å². The lowest BCUT2D eigenvalue weighted by atomic mass is 9.82. The van der Waals surface area contributed by atoms with Crippen LogP contribution < -0.4 is 5.32 Å². The zero-order chi connectivity index (χ0) is 19.7. The van der Waals surface area contributed by atoms with Gasteiger partial charge in [0, 0.05) is 17.7 Å². The summed E-state index contributed by atoms with van der Waals surface area (Å²) < 4.78 is 1.43. The van der Waals surface area contributed by atoms with Crippen LogP contribution in [0, 0.1) is 22.5 Å². The Morgan fingerprint density at radius 2 is 1.92 bits per heavy atom. The molecule has 0 aliphatic rings. The Morgan fingerprint density at radius 3 is 2.50 bits per heavy atom. The van der Waals surface area contributed by atoms with Crippen LogP contribution in [0.3, 0.4) is 0 Å². The molecular formula is C18H25N5O3. The summed E-state index contributed by atoms with van der Waals surface area (Å²) in [6, 6.07) is 6.05. The summed E-state index contributed by atoms with van der Waals surface area (Å²) in [6.45, 7) is 12.0. The number of nitro benzene ring substituents is 1. The van der Waals surface area contributed by atoms with Crippen molar-refractivity contribution in [1.29, 1.82) is 0 Å². The molecule has 140 valence electrons. The smallest absolute Gasteiger partial charge is 0.274 e. The number of nitrogens with zero attached hydrogens (tertiary/aromatic N) is 4. The van der Waals surface area contributed by atoms with E-state index in [1.165, 1.54) is 16.8 Å². The van der Waals surface area contributed by atoms with Crippen LogP contribution >= 0.6 is 0 Å². The van der Waals surface area contributed by atoms with Gasteiger partial charge in [0.15, 0.2) is 5.69 Å². The molecule has 2 rings (SSSR count). The molecule has 1 aromatic heterocycles. The molecule has 1 heterocycles. The molecule has 0 fully saturated rings. The lowest BCUT2D eigenvalue weighted by Gasteiger charge is -2.33. The lowest BCUT2D eigenvalue weighted by Crippen LogP contribution is -2.46. The number of aromatic nitrogens is 3. The number of benzene rings is 1. The van der Waals surface area contributed by atoms with Crippen LogP contribution in [0.5, 0.6) is 0 Å². The van der Waals surface area contributed by atoms with E-state index in [-0.39, 0.29) is 22.7 Å². The van der Waals surface area contributed by atoms with E-state index in [2.05, 4.69) is 36.4 Å². The largest absolute Gasteiger partial charge is 0.346 e. The first-order valence-corrected chi connectivity index (χ1v) is 8.39. The average Bonchev–Trinajstić information content (AvgIpc) is 2.86. The lowest BCUT2D eigenvalue weighted by molar-refractivity contribution is -0.384. The second kappa shape index (κ2) is 6.86. The molecule has 0 atom stereocenters. The number of rotatable bonds is 5. The van der Waals surface area contributed by atoms with E-state index in [1.54, 1.807) is 19.1 Å². The second-order valence-electron chi connectivity index (χ2n) is 8.29. The molecule has 1 N–H and O–H groups in total. The third-order valence-electron chi connectivity index (χ3n) is 3.82. The fourth-order valence-electron chi connectivity index (χ4n) is 3.26. The maximum absolute atomic E-state index is 12.7. The summed E-state index contributed by atoms with van der Waals surface area (Å²) >= 11 is 0. The highest BCUT2D eigenvalue weighted by Crippen LogP contribution is 2.27. The molecular weight excluding hydrogens is 334 g/mol. The fraction of sp³-hybridized carbons (Fsp3) is 0.500. The molecule has 0 radical (unpaired) electrons. The first-order valence-electron chi connectivity index (χ1n) is 8.39. The summed E-state index contributed by atoms with van der Waals surface area (Å²) in [5, 5.41) is 21.9. The summed E-state index contributed by atoms with van der Waals surface area (Å²) in [5.74, 6) is -0.312. The summed E-state index contributed by atoms with van der Waals surface area (Å²) in [7, 11) is 0. The van der Waals surface area contributed by atoms with Gasteiger partial charge in [-0.3, -0.25) is 14.9 Å². The van der Waals surface area contributed by atoms with Crippen LogP contribution in [0.4, 0.5) is 5.69 Å². The van der Waals surface area contributed by atoms with Gasteiger partial charge in [-0.25, -0.2) is 4.68 Å². The van der Waals surface area contributed by atoms with Crippen LogP contribution in [0.1, 0.15) is 57.2 Å². The van der Waals surface area contributed by atoms with Gasteiger partial charge in [0.25, 0.3) is 11.6 Å². The predicted octanol–water partition coefficient (Wildman–Crippen LogP) is 3.43. The molecule has 0 bridgehead atoms. The van der Waals surface area contributed by atoms with E-state index >= 15 is 0 Å². The van der Waals surface area contributed by atoms with Gasteiger partial charge >= 0.3 is 0 Å². The molecule has 0 unspecified atom stereocenters. The Morgan fingerprint density at radius 1 is 1.27 bits per heavy atom. The van der Waals surface area contributed by atoms with Crippen LogP contribution in [0.15, 0.2) is 24.3 Å². The average molecular weight is 359 g/mol. The molecule has 0 aliphatic carbocycles. The quantitative estimate of drug-likeness (QED) is 0.651. The highest BCUT2D eigenvalue weighted by atomic mass is 16.6. The Balaban J connectivity index is 2.27. The van der Waals surface area contributed by atoms with Gasteiger partial charge in [-0.05, 0) is 38.7 Å². The minimum atomic E-state index is -0.474. The predicted molar refractivity (Wildman–Crippen MR) is 98.4 cm³/mol. The van der Waals surface area contributed by atoms with Crippen molar-refractivity contribution >= 4 is 11.6 Å².